The van der Waals surface area contributed by atoms with E-state index in [0.29, 0.717) is 0 Å². The molecule has 0 amide bonds. The quantitative estimate of drug-likeness (QED) is 0.344. The number of hydrogen-bond acceptors (Lipinski definition) is 1. The van der Waals surface area contributed by atoms with E-state index in [0.717, 1.165) is 26.1 Å². The van der Waals surface area contributed by atoms with Crippen LogP contribution in [0, 0.1) is 0 Å². The first kappa shape index (κ1) is 11.7. The molecule has 8 heavy (non-hydrogen) atoms. The largest absolute Gasteiger partial charge is 1.00 e. The molecular weight excluding hydrogens is 111 g/mol. The minimum atomic E-state index is 0. The van der Waals surface area contributed by atoms with E-state index < -0.39 is 0 Å². The van der Waals surface area contributed by atoms with Crippen LogP contribution >= 0.6 is 0 Å². The Labute approximate surface area is 75.6 Å². The van der Waals surface area contributed by atoms with Crippen molar-refractivity contribution in [1.82, 2.24) is 0 Å². The van der Waals surface area contributed by atoms with Crippen molar-refractivity contribution in [1.29, 1.82) is 0 Å². The summed E-state index contributed by atoms with van der Waals surface area (Å²) in [5.74, 6) is 0. The first-order valence-corrected chi connectivity index (χ1v) is 2.99. The Kier molecular flexibility index (Phi) is 15.9. The second-order valence-corrected chi connectivity index (χ2v) is 1.61. The van der Waals surface area contributed by atoms with E-state index in [9.17, 15) is 0 Å². The maximum atomic E-state index is 5.13. The van der Waals surface area contributed by atoms with Gasteiger partial charge in [-0.3, -0.25) is 0 Å². The van der Waals surface area contributed by atoms with Gasteiger partial charge in [0.1, 0.15) is 0 Å². The van der Waals surface area contributed by atoms with Gasteiger partial charge in [-0.15, -0.1) is 0 Å². The van der Waals surface area contributed by atoms with Gasteiger partial charge in [-0.05, 0) is 12.8 Å². The molecule has 0 saturated carbocycles. The molecule has 0 radical (unpaired) electrons. The summed E-state index contributed by atoms with van der Waals surface area (Å²) in [6.45, 7) is 6.09. The molecule has 0 atom stereocenters. The predicted molar refractivity (Wildman–Crippen MR) is 32.5 cm³/mol. The Morgan fingerprint density at radius 2 is 1.50 bits per heavy atom. The summed E-state index contributed by atoms with van der Waals surface area (Å²) in [5, 5.41) is 0. The van der Waals surface area contributed by atoms with Gasteiger partial charge in [-0.25, -0.2) is 0 Å². The van der Waals surface area contributed by atoms with Crippen molar-refractivity contribution < 1.29 is 35.7 Å². The van der Waals surface area contributed by atoms with Crippen LogP contribution in [0.15, 0.2) is 0 Å². The van der Waals surface area contributed by atoms with Crippen LogP contribution in [0.2, 0.25) is 0 Å². The van der Waals surface area contributed by atoms with Crippen LogP contribution in [0.3, 0.4) is 0 Å². The van der Waals surface area contributed by atoms with Crippen LogP contribution in [0.4, 0.5) is 0 Å². The monoisotopic (exact) mass is 126 g/mol. The summed E-state index contributed by atoms with van der Waals surface area (Å²) in [6.07, 6.45) is 2.28. The zero-order valence-corrected chi connectivity index (χ0v) is 8.24. The first-order valence-electron chi connectivity index (χ1n) is 2.99. The summed E-state index contributed by atoms with van der Waals surface area (Å²) >= 11 is 0. The second-order valence-electron chi connectivity index (χ2n) is 1.61. The second kappa shape index (κ2) is 10.9. The average Bonchev–Trinajstić information content (AvgIpc) is 1.69. The van der Waals surface area contributed by atoms with Gasteiger partial charge in [0.2, 0.25) is 0 Å². The predicted octanol–water partition coefficient (Wildman–Crippen LogP) is -1.06. The van der Waals surface area contributed by atoms with Crippen molar-refractivity contribution in [2.75, 3.05) is 13.2 Å². The Balaban J connectivity index is -0.000000180. The SMILES string of the molecule is CCCOCCC.[H-].[Na+]. The molecule has 2 heteroatoms. The first-order chi connectivity index (χ1) is 3.41. The zero-order chi connectivity index (χ0) is 5.54. The van der Waals surface area contributed by atoms with Crippen LogP contribution in [0.5, 0.6) is 0 Å². The van der Waals surface area contributed by atoms with Gasteiger partial charge < -0.3 is 6.16 Å². The summed E-state index contributed by atoms with van der Waals surface area (Å²) in [4.78, 5) is 0. The molecule has 0 aliphatic heterocycles. The number of ether oxygens (including phenoxy) is 1. The van der Waals surface area contributed by atoms with E-state index in [2.05, 4.69) is 13.8 Å². The third kappa shape index (κ3) is 10.0. The molecule has 1 nitrogen and oxygen atoms in total. The zero-order valence-electron chi connectivity index (χ0n) is 7.24. The van der Waals surface area contributed by atoms with Crippen LogP contribution in [0.1, 0.15) is 28.1 Å². The summed E-state index contributed by atoms with van der Waals surface area (Å²) in [5.41, 5.74) is 0. The van der Waals surface area contributed by atoms with Crippen molar-refractivity contribution >= 4 is 0 Å². The van der Waals surface area contributed by atoms with Crippen LogP contribution in [-0.2, 0) is 4.74 Å². The van der Waals surface area contributed by atoms with Crippen LogP contribution in [-0.4, -0.2) is 13.2 Å². The van der Waals surface area contributed by atoms with Crippen molar-refractivity contribution in [3.63, 3.8) is 0 Å². The van der Waals surface area contributed by atoms with Crippen LogP contribution in [0.25, 0.3) is 0 Å². The van der Waals surface area contributed by atoms with Gasteiger partial charge in [0, 0.05) is 13.2 Å². The summed E-state index contributed by atoms with van der Waals surface area (Å²) < 4.78 is 5.13. The fourth-order valence-corrected chi connectivity index (χ4v) is 0.391. The van der Waals surface area contributed by atoms with Gasteiger partial charge in [-0.2, -0.15) is 0 Å². The van der Waals surface area contributed by atoms with Crippen LogP contribution < -0.4 is 29.6 Å². The fourth-order valence-electron chi connectivity index (χ4n) is 0.391. The van der Waals surface area contributed by atoms with Crippen molar-refractivity contribution in [3.8, 4) is 0 Å². The maximum absolute atomic E-state index is 5.13. The van der Waals surface area contributed by atoms with E-state index in [1.165, 1.54) is 0 Å². The van der Waals surface area contributed by atoms with Gasteiger partial charge in [-0.1, -0.05) is 13.8 Å². The standard InChI is InChI=1S/C6H14O.Na.H/c1-3-5-7-6-4-2;;/h3-6H2,1-2H3;;/q;+1;-1. The van der Waals surface area contributed by atoms with Crippen molar-refractivity contribution in [2.24, 2.45) is 0 Å². The third-order valence-electron chi connectivity index (χ3n) is 0.697. The minimum Gasteiger partial charge on any atom is -1.00 e. The average molecular weight is 126 g/mol. The van der Waals surface area contributed by atoms with E-state index in [4.69, 9.17) is 4.74 Å². The Morgan fingerprint density at radius 3 is 1.75 bits per heavy atom. The minimum absolute atomic E-state index is 0. The summed E-state index contributed by atoms with van der Waals surface area (Å²) in [7, 11) is 0. The molecule has 0 aliphatic rings. The van der Waals surface area contributed by atoms with E-state index >= 15 is 0 Å². The molecule has 0 aliphatic carbocycles. The van der Waals surface area contributed by atoms with Crippen molar-refractivity contribution in [3.05, 3.63) is 0 Å². The van der Waals surface area contributed by atoms with Gasteiger partial charge in [0.05, 0.1) is 0 Å². The molecule has 0 fully saturated rings. The Hall–Kier alpha value is 0.960. The smallest absolute Gasteiger partial charge is 1.00 e. The molecule has 0 unspecified atom stereocenters. The molecule has 0 aromatic rings. The Bertz CT molecular complexity index is 32.2. The molecule has 46 valence electrons. The van der Waals surface area contributed by atoms with E-state index in [-0.39, 0.29) is 31.0 Å². The summed E-state index contributed by atoms with van der Waals surface area (Å²) in [6, 6.07) is 0. The van der Waals surface area contributed by atoms with Gasteiger partial charge >= 0.3 is 29.6 Å². The third-order valence-corrected chi connectivity index (χ3v) is 0.697. The Morgan fingerprint density at radius 1 is 1.12 bits per heavy atom. The molecule has 0 spiro atoms. The molecular formula is C6H15NaO. The molecule has 0 saturated heterocycles. The number of rotatable bonds is 4. The normalized spacial score (nSPS) is 8.25. The van der Waals surface area contributed by atoms with Crippen molar-refractivity contribution in [2.45, 2.75) is 26.7 Å². The van der Waals surface area contributed by atoms with Gasteiger partial charge in [0.15, 0.2) is 0 Å². The topological polar surface area (TPSA) is 9.23 Å². The molecule has 0 rings (SSSR count). The van der Waals surface area contributed by atoms with E-state index in [1.807, 2.05) is 0 Å². The van der Waals surface area contributed by atoms with E-state index in [1.54, 1.807) is 0 Å². The fraction of sp³-hybridized carbons (Fsp3) is 1.00. The molecule has 0 aromatic heterocycles. The number of hydrogen-bond donors (Lipinski definition) is 0. The molecule has 0 bridgehead atoms. The van der Waals surface area contributed by atoms with Gasteiger partial charge in [0.25, 0.3) is 0 Å². The molecule has 0 N–H and O–H groups in total. The maximum Gasteiger partial charge on any atom is 1.00 e. The molecule has 0 heterocycles. The molecule has 0 aromatic carbocycles.